The maximum absolute atomic E-state index is 13.6. The van der Waals surface area contributed by atoms with Gasteiger partial charge in [0.15, 0.2) is 0 Å². The van der Waals surface area contributed by atoms with Crippen LogP contribution in [0.15, 0.2) is 78.9 Å². The predicted molar refractivity (Wildman–Crippen MR) is 184 cm³/mol. The van der Waals surface area contributed by atoms with Gasteiger partial charge in [0, 0.05) is 57.6 Å². The predicted octanol–water partition coefficient (Wildman–Crippen LogP) is 7.25. The number of aromatic nitrogens is 2. The zero-order chi connectivity index (χ0) is 31.7. The molecule has 0 unspecified atom stereocenters. The van der Waals surface area contributed by atoms with Gasteiger partial charge in [0.25, 0.3) is 11.8 Å². The molecule has 0 bridgehead atoms. The van der Waals surface area contributed by atoms with Crippen LogP contribution in [0.25, 0.3) is 32.6 Å². The van der Waals surface area contributed by atoms with E-state index in [4.69, 9.17) is 0 Å². The molecule has 7 rings (SSSR count). The number of fused-ring (bicyclic) bond motifs is 5. The number of aromatic amines is 2. The zero-order valence-electron chi connectivity index (χ0n) is 24.9. The second-order valence-corrected chi connectivity index (χ2v) is 11.0. The second-order valence-electron chi connectivity index (χ2n) is 10.6. The Morgan fingerprint density at radius 1 is 0.822 bits per heavy atom. The van der Waals surface area contributed by atoms with Gasteiger partial charge < -0.3 is 30.6 Å². The van der Waals surface area contributed by atoms with Gasteiger partial charge in [0.05, 0.1) is 5.69 Å². The molecule has 9 nitrogen and oxygen atoms in total. The number of phenolic OH excluding ortho intramolecular Hbond substituents is 1. The maximum atomic E-state index is 13.6. The minimum absolute atomic E-state index is 0.119. The summed E-state index contributed by atoms with van der Waals surface area (Å²) in [5, 5.41) is 19.7. The van der Waals surface area contributed by atoms with Gasteiger partial charge in [-0.25, -0.2) is 0 Å². The van der Waals surface area contributed by atoms with Crippen LogP contribution in [0.1, 0.15) is 46.8 Å². The number of amides is 3. The smallest absolute Gasteiger partial charge is 0.274 e. The van der Waals surface area contributed by atoms with Crippen LogP contribution in [0.3, 0.4) is 0 Å². The van der Waals surface area contributed by atoms with Crippen molar-refractivity contribution in [2.45, 2.75) is 26.7 Å². The number of hydrogen-bond acceptors (Lipinski definition) is 5. The van der Waals surface area contributed by atoms with Crippen LogP contribution in [0.4, 0.5) is 17.1 Å². The number of aromatic hydroxyl groups is 1. The molecule has 0 aliphatic carbocycles. The fourth-order valence-electron chi connectivity index (χ4n) is 5.79. The van der Waals surface area contributed by atoms with E-state index >= 15 is 0 Å². The minimum atomic E-state index is -0.316. The van der Waals surface area contributed by atoms with E-state index in [1.54, 1.807) is 35.2 Å². The van der Waals surface area contributed by atoms with Gasteiger partial charge in [0.2, 0.25) is 5.91 Å². The first-order valence-electron chi connectivity index (χ1n) is 14.9. The van der Waals surface area contributed by atoms with E-state index in [0.717, 1.165) is 43.8 Å². The number of carbonyl (C=O) groups is 3. The molecule has 1 aliphatic heterocycles. The standard InChI is InChI=1S/C33H27N5O4S.C2H6/c39-30-17-29-23(22-3-1-2-4-24(22)30)9-11-38(29)33(42)28-16-19-14-21(6-8-26(19)37-28)35-32(41)27-15-18-13-20(5-7-25(18)36-27)34-31(40)10-12-43;1-2/h1-8,13-17,36-37,39,43H,9-12H2,(H,34,40)(H,35,41);1-2H3. The summed E-state index contributed by atoms with van der Waals surface area (Å²) in [5.74, 6) is -0.00759. The van der Waals surface area contributed by atoms with Crippen molar-refractivity contribution in [1.82, 2.24) is 9.97 Å². The molecule has 0 radical (unpaired) electrons. The van der Waals surface area contributed by atoms with Crippen molar-refractivity contribution in [1.29, 1.82) is 0 Å². The molecule has 45 heavy (non-hydrogen) atoms. The largest absolute Gasteiger partial charge is 0.507 e. The molecule has 4 aromatic carbocycles. The Balaban J connectivity index is 0.00000175. The molecular formula is C35H33N5O4S. The monoisotopic (exact) mass is 619 g/mol. The highest BCUT2D eigenvalue weighted by Crippen LogP contribution is 2.40. The lowest BCUT2D eigenvalue weighted by atomic mass is 10.0. The van der Waals surface area contributed by atoms with Crippen molar-refractivity contribution in [2.24, 2.45) is 0 Å². The van der Waals surface area contributed by atoms with Gasteiger partial charge in [0.1, 0.15) is 17.1 Å². The Labute approximate surface area is 265 Å². The molecule has 1 aliphatic rings. The second kappa shape index (κ2) is 12.4. The number of benzene rings is 4. The summed E-state index contributed by atoms with van der Waals surface area (Å²) in [6.45, 7) is 4.52. The van der Waals surface area contributed by atoms with Gasteiger partial charge in [-0.15, -0.1) is 0 Å². The van der Waals surface area contributed by atoms with E-state index in [1.165, 1.54) is 0 Å². The molecule has 3 amide bonds. The summed E-state index contributed by atoms with van der Waals surface area (Å²) in [6, 6.07) is 23.7. The lowest BCUT2D eigenvalue weighted by Gasteiger charge is -2.17. The fraction of sp³-hybridized carbons (Fsp3) is 0.171. The average Bonchev–Trinajstić information content (AvgIpc) is 3.78. The summed E-state index contributed by atoms with van der Waals surface area (Å²) in [6.07, 6.45) is 1.02. The van der Waals surface area contributed by atoms with Crippen LogP contribution in [0.2, 0.25) is 0 Å². The van der Waals surface area contributed by atoms with Gasteiger partial charge in [-0.2, -0.15) is 12.6 Å². The Morgan fingerprint density at radius 3 is 2.13 bits per heavy atom. The Bertz CT molecular complexity index is 2100. The molecule has 0 atom stereocenters. The molecule has 0 fully saturated rings. The summed E-state index contributed by atoms with van der Waals surface area (Å²) in [4.78, 5) is 46.6. The number of rotatable bonds is 6. The molecule has 0 spiro atoms. The van der Waals surface area contributed by atoms with Crippen molar-refractivity contribution < 1.29 is 19.5 Å². The third kappa shape index (κ3) is 5.72. The summed E-state index contributed by atoms with van der Waals surface area (Å²) in [5.41, 5.74) is 5.33. The van der Waals surface area contributed by atoms with E-state index in [2.05, 4.69) is 33.2 Å². The Morgan fingerprint density at radius 2 is 1.44 bits per heavy atom. The highest BCUT2D eigenvalue weighted by atomic mass is 32.1. The molecule has 5 N–H and O–H groups in total. The lowest BCUT2D eigenvalue weighted by Crippen LogP contribution is -2.29. The first-order valence-corrected chi connectivity index (χ1v) is 15.5. The highest BCUT2D eigenvalue weighted by molar-refractivity contribution is 7.80. The van der Waals surface area contributed by atoms with Crippen LogP contribution in [0.5, 0.6) is 5.75 Å². The number of anilines is 3. The quantitative estimate of drug-likeness (QED) is 0.110. The molecular weight excluding hydrogens is 586 g/mol. The van der Waals surface area contributed by atoms with Crippen molar-refractivity contribution in [3.8, 4) is 5.75 Å². The van der Waals surface area contributed by atoms with Gasteiger partial charge in [-0.3, -0.25) is 14.4 Å². The Kier molecular flexibility index (Phi) is 8.23. The normalized spacial score (nSPS) is 12.2. The highest BCUT2D eigenvalue weighted by Gasteiger charge is 2.29. The summed E-state index contributed by atoms with van der Waals surface area (Å²) >= 11 is 4.09. The van der Waals surface area contributed by atoms with Crippen molar-refractivity contribution in [2.75, 3.05) is 27.8 Å². The number of H-pyrrole nitrogens is 2. The first-order chi connectivity index (χ1) is 21.9. The number of hydrogen-bond donors (Lipinski definition) is 6. The van der Waals surface area contributed by atoms with Crippen LogP contribution in [-0.4, -0.2) is 45.1 Å². The Hall–Kier alpha value is -5.22. The maximum Gasteiger partial charge on any atom is 0.274 e. The molecule has 2 aromatic heterocycles. The van der Waals surface area contributed by atoms with Crippen LogP contribution in [0, 0.1) is 0 Å². The van der Waals surface area contributed by atoms with E-state index < -0.39 is 0 Å². The molecule has 10 heteroatoms. The van der Waals surface area contributed by atoms with E-state index in [0.29, 0.717) is 47.9 Å². The number of thiol groups is 1. The number of phenols is 1. The average molecular weight is 620 g/mol. The van der Waals surface area contributed by atoms with Crippen LogP contribution in [-0.2, 0) is 11.2 Å². The molecule has 0 saturated carbocycles. The van der Waals surface area contributed by atoms with Gasteiger partial charge in [-0.1, -0.05) is 38.1 Å². The van der Waals surface area contributed by atoms with Crippen LogP contribution >= 0.6 is 12.6 Å². The third-order valence-corrected chi connectivity index (χ3v) is 8.05. The van der Waals surface area contributed by atoms with E-state index in [1.807, 2.05) is 62.4 Å². The topological polar surface area (TPSA) is 130 Å². The van der Waals surface area contributed by atoms with Crippen LogP contribution < -0.4 is 15.5 Å². The van der Waals surface area contributed by atoms with Gasteiger partial charge >= 0.3 is 0 Å². The zero-order valence-corrected chi connectivity index (χ0v) is 25.8. The van der Waals surface area contributed by atoms with E-state index in [-0.39, 0.29) is 23.5 Å². The SMILES string of the molecule is CC.O=C(CCS)Nc1ccc2[nH]c(C(=O)Nc3ccc4[nH]c(C(=O)N5CCc6c5cc(O)c5ccccc65)cc4c3)cc2c1. The first kappa shape index (κ1) is 29.8. The van der Waals surface area contributed by atoms with Crippen molar-refractivity contribution >= 4 is 80.0 Å². The molecule has 228 valence electrons. The van der Waals surface area contributed by atoms with Crippen molar-refractivity contribution in [3.63, 3.8) is 0 Å². The number of nitrogens with one attached hydrogen (secondary N) is 4. The molecule has 3 heterocycles. The minimum Gasteiger partial charge on any atom is -0.507 e. The van der Waals surface area contributed by atoms with E-state index in [9.17, 15) is 19.5 Å². The number of carbonyl (C=O) groups excluding carboxylic acids is 3. The van der Waals surface area contributed by atoms with Crippen molar-refractivity contribution in [3.05, 3.63) is 95.8 Å². The fourth-order valence-corrected chi connectivity index (χ4v) is 5.99. The molecule has 0 saturated heterocycles. The summed E-state index contributed by atoms with van der Waals surface area (Å²) < 4.78 is 0. The third-order valence-electron chi connectivity index (χ3n) is 7.83. The van der Waals surface area contributed by atoms with Gasteiger partial charge in [-0.05, 0) is 71.7 Å². The summed E-state index contributed by atoms with van der Waals surface area (Å²) in [7, 11) is 0. The number of nitrogens with zero attached hydrogens (tertiary/aromatic N) is 1. The molecule has 6 aromatic rings. The lowest BCUT2D eigenvalue weighted by molar-refractivity contribution is -0.115.